The van der Waals surface area contributed by atoms with E-state index in [1.807, 2.05) is 65.0 Å². The van der Waals surface area contributed by atoms with Gasteiger partial charge in [-0.25, -0.2) is 8.42 Å². The van der Waals surface area contributed by atoms with Gasteiger partial charge in [-0.3, -0.25) is 9.52 Å². The molecule has 0 spiro atoms. The van der Waals surface area contributed by atoms with Gasteiger partial charge in [-0.05, 0) is 81.1 Å². The lowest BCUT2D eigenvalue weighted by atomic mass is 10.0. The van der Waals surface area contributed by atoms with E-state index in [0.717, 1.165) is 22.6 Å². The van der Waals surface area contributed by atoms with E-state index in [1.54, 1.807) is 29.2 Å². The number of benzene rings is 3. The Hall–Kier alpha value is -3.52. The average Bonchev–Trinajstić information content (AvgIpc) is 2.88. The highest BCUT2D eigenvalue weighted by atomic mass is 32.2. The zero-order valence-electron chi connectivity index (χ0n) is 22.2. The number of rotatable bonds is 7. The van der Waals surface area contributed by atoms with Gasteiger partial charge in [0, 0.05) is 26.2 Å². The van der Waals surface area contributed by atoms with Crippen molar-refractivity contribution in [3.05, 3.63) is 82.4 Å². The third kappa shape index (κ3) is 5.44. The van der Waals surface area contributed by atoms with Crippen molar-refractivity contribution in [2.24, 2.45) is 0 Å². The van der Waals surface area contributed by atoms with Crippen LogP contribution >= 0.6 is 0 Å². The number of nitrogens with one attached hydrogen (secondary N) is 1. The van der Waals surface area contributed by atoms with Gasteiger partial charge < -0.3 is 14.5 Å². The van der Waals surface area contributed by atoms with Gasteiger partial charge in [0.1, 0.15) is 5.75 Å². The number of anilines is 2. The number of amides is 1. The van der Waals surface area contributed by atoms with Crippen LogP contribution in [-0.4, -0.2) is 52.0 Å². The predicted molar refractivity (Wildman–Crippen MR) is 148 cm³/mol. The molecule has 196 valence electrons. The Labute approximate surface area is 220 Å². The molecule has 0 unspecified atom stereocenters. The fourth-order valence-corrected chi connectivity index (χ4v) is 6.55. The highest BCUT2D eigenvalue weighted by Gasteiger charge is 2.28. The molecule has 1 N–H and O–H groups in total. The van der Waals surface area contributed by atoms with Gasteiger partial charge in [0.2, 0.25) is 0 Å². The highest BCUT2D eigenvalue weighted by molar-refractivity contribution is 7.92. The molecule has 7 nitrogen and oxygen atoms in total. The highest BCUT2D eigenvalue weighted by Crippen LogP contribution is 2.31. The Morgan fingerprint density at radius 2 is 1.49 bits per heavy atom. The molecule has 3 aromatic rings. The first kappa shape index (κ1) is 26.5. The number of nitrogens with zero attached hydrogens (tertiary/aromatic N) is 2. The first-order chi connectivity index (χ1) is 17.6. The molecule has 37 heavy (non-hydrogen) atoms. The Balaban J connectivity index is 1.55. The van der Waals surface area contributed by atoms with Crippen LogP contribution in [0.1, 0.15) is 39.5 Å². The fraction of sp³-hybridized carbons (Fsp3) is 0.345. The molecule has 1 fully saturated rings. The van der Waals surface area contributed by atoms with Gasteiger partial charge >= 0.3 is 0 Å². The lowest BCUT2D eigenvalue weighted by Gasteiger charge is -2.37. The molecule has 4 rings (SSSR count). The molecule has 1 saturated heterocycles. The topological polar surface area (TPSA) is 79.0 Å². The Bertz CT molecular complexity index is 1380. The fourth-order valence-electron chi connectivity index (χ4n) is 4.85. The maximum Gasteiger partial charge on any atom is 0.262 e. The molecule has 0 radical (unpaired) electrons. The van der Waals surface area contributed by atoms with E-state index in [9.17, 15) is 13.2 Å². The van der Waals surface area contributed by atoms with Crippen molar-refractivity contribution >= 4 is 27.3 Å². The van der Waals surface area contributed by atoms with Crippen LogP contribution in [0, 0.1) is 27.7 Å². The molecule has 1 aliphatic heterocycles. The number of carbonyl (C=O) groups excluding carboxylic acids is 1. The second-order valence-electron chi connectivity index (χ2n) is 9.42. The summed E-state index contributed by atoms with van der Waals surface area (Å²) in [5, 5.41) is 0. The van der Waals surface area contributed by atoms with Gasteiger partial charge in [-0.1, -0.05) is 30.3 Å². The van der Waals surface area contributed by atoms with Crippen LogP contribution in [0.25, 0.3) is 0 Å². The monoisotopic (exact) mass is 521 g/mol. The maximum absolute atomic E-state index is 13.5. The van der Waals surface area contributed by atoms with Gasteiger partial charge in [-0.2, -0.15) is 0 Å². The number of hydrogen-bond donors (Lipinski definition) is 1. The summed E-state index contributed by atoms with van der Waals surface area (Å²) in [5.41, 5.74) is 4.89. The van der Waals surface area contributed by atoms with Crippen LogP contribution in [0.4, 0.5) is 11.4 Å². The SMILES string of the molecule is CCOc1ccccc1N1CCN(C(=O)c2ccccc2NS(=O)(=O)c2c(C)c(C)cc(C)c2C)CC1. The summed E-state index contributed by atoms with van der Waals surface area (Å²) in [5.74, 6) is 0.645. The standard InChI is InChI=1S/C29H35N3O4S/c1-6-36-27-14-10-9-13-26(27)31-15-17-32(18-16-31)29(33)24-11-7-8-12-25(24)30-37(34,35)28-22(4)20(2)19-21(3)23(28)5/h7-14,19,30H,6,15-18H2,1-5H3. The second-order valence-corrected chi connectivity index (χ2v) is 11.0. The molecule has 0 saturated carbocycles. The number of hydrogen-bond acceptors (Lipinski definition) is 5. The van der Waals surface area contributed by atoms with E-state index in [0.29, 0.717) is 49.5 Å². The minimum atomic E-state index is -3.90. The third-order valence-electron chi connectivity index (χ3n) is 7.04. The van der Waals surface area contributed by atoms with E-state index in [4.69, 9.17) is 4.74 Å². The third-order valence-corrected chi connectivity index (χ3v) is 8.68. The number of carbonyl (C=O) groups is 1. The maximum atomic E-state index is 13.5. The van der Waals surface area contributed by atoms with Crippen LogP contribution in [0.2, 0.25) is 0 Å². The van der Waals surface area contributed by atoms with Crippen LogP contribution in [-0.2, 0) is 10.0 Å². The van der Waals surface area contributed by atoms with E-state index >= 15 is 0 Å². The van der Waals surface area contributed by atoms with Crippen LogP contribution in [0.5, 0.6) is 5.75 Å². The lowest BCUT2D eigenvalue weighted by molar-refractivity contribution is 0.0747. The van der Waals surface area contributed by atoms with Crippen LogP contribution in [0.15, 0.2) is 59.5 Å². The first-order valence-electron chi connectivity index (χ1n) is 12.6. The molecule has 1 aliphatic rings. The first-order valence-corrected chi connectivity index (χ1v) is 14.1. The van der Waals surface area contributed by atoms with E-state index in [1.165, 1.54) is 0 Å². The second kappa shape index (κ2) is 10.8. The minimum absolute atomic E-state index is 0.190. The predicted octanol–water partition coefficient (Wildman–Crippen LogP) is 5.08. The summed E-state index contributed by atoms with van der Waals surface area (Å²) in [6.07, 6.45) is 0. The van der Waals surface area contributed by atoms with Crippen LogP contribution < -0.4 is 14.4 Å². The van der Waals surface area contributed by atoms with Crippen molar-refractivity contribution in [2.45, 2.75) is 39.5 Å². The Morgan fingerprint density at radius 1 is 0.892 bits per heavy atom. The normalized spacial score (nSPS) is 14.0. The lowest BCUT2D eigenvalue weighted by Crippen LogP contribution is -2.49. The molecular formula is C29H35N3O4S. The largest absolute Gasteiger partial charge is 0.492 e. The van der Waals surface area contributed by atoms with Crippen molar-refractivity contribution in [2.75, 3.05) is 42.4 Å². The molecule has 0 bridgehead atoms. The summed E-state index contributed by atoms with van der Waals surface area (Å²) in [4.78, 5) is 17.8. The van der Waals surface area contributed by atoms with E-state index in [-0.39, 0.29) is 16.5 Å². The van der Waals surface area contributed by atoms with E-state index in [2.05, 4.69) is 9.62 Å². The van der Waals surface area contributed by atoms with Crippen molar-refractivity contribution in [1.82, 2.24) is 4.90 Å². The van der Waals surface area contributed by atoms with Gasteiger partial charge in [0.15, 0.2) is 0 Å². The molecular weight excluding hydrogens is 486 g/mol. The molecule has 8 heteroatoms. The molecule has 0 atom stereocenters. The quantitative estimate of drug-likeness (QED) is 0.469. The summed E-state index contributed by atoms with van der Waals surface area (Å²) in [6, 6.07) is 16.7. The van der Waals surface area contributed by atoms with Crippen molar-refractivity contribution in [1.29, 1.82) is 0 Å². The number of aryl methyl sites for hydroxylation is 2. The zero-order chi connectivity index (χ0) is 26.7. The van der Waals surface area contributed by atoms with Gasteiger partial charge in [-0.15, -0.1) is 0 Å². The van der Waals surface area contributed by atoms with Gasteiger partial charge in [0.05, 0.1) is 28.4 Å². The number of ether oxygens (including phenoxy) is 1. The molecule has 1 heterocycles. The smallest absolute Gasteiger partial charge is 0.262 e. The summed E-state index contributed by atoms with van der Waals surface area (Å²) >= 11 is 0. The van der Waals surface area contributed by atoms with Crippen molar-refractivity contribution in [3.63, 3.8) is 0 Å². The van der Waals surface area contributed by atoms with E-state index < -0.39 is 10.0 Å². The minimum Gasteiger partial charge on any atom is -0.492 e. The molecule has 0 aliphatic carbocycles. The average molecular weight is 522 g/mol. The summed E-state index contributed by atoms with van der Waals surface area (Å²) in [7, 11) is -3.90. The number of para-hydroxylation sites is 3. The Kier molecular flexibility index (Phi) is 7.78. The number of sulfonamides is 1. The molecule has 0 aromatic heterocycles. The van der Waals surface area contributed by atoms with Crippen LogP contribution in [0.3, 0.4) is 0 Å². The Morgan fingerprint density at radius 3 is 2.14 bits per heavy atom. The van der Waals surface area contributed by atoms with Crippen molar-refractivity contribution < 1.29 is 17.9 Å². The molecule has 1 amide bonds. The summed E-state index contributed by atoms with van der Waals surface area (Å²) < 4.78 is 35.5. The van der Waals surface area contributed by atoms with Gasteiger partial charge in [0.25, 0.3) is 15.9 Å². The summed E-state index contributed by atoms with van der Waals surface area (Å²) in [6.45, 7) is 12.4. The zero-order valence-corrected chi connectivity index (χ0v) is 23.0. The molecule has 3 aromatic carbocycles. The number of piperazine rings is 1. The van der Waals surface area contributed by atoms with Crippen molar-refractivity contribution in [3.8, 4) is 5.75 Å².